The van der Waals surface area contributed by atoms with Crippen molar-refractivity contribution in [2.75, 3.05) is 18.1 Å². The lowest BCUT2D eigenvalue weighted by Gasteiger charge is -2.24. The molecule has 2 aliphatic rings. The van der Waals surface area contributed by atoms with Crippen LogP contribution >= 0.6 is 11.8 Å². The number of nitrogens with one attached hydrogen (secondary N) is 1. The first-order chi connectivity index (χ1) is 10.8. The Balaban J connectivity index is 1.73. The average molecular weight is 345 g/mol. The number of aliphatic hydroxyl groups is 1. The highest BCUT2D eigenvalue weighted by molar-refractivity contribution is 7.99. The van der Waals surface area contributed by atoms with E-state index in [-0.39, 0.29) is 12.5 Å². The monoisotopic (exact) mass is 345 g/mol. The molecule has 0 aromatic heterocycles. The normalized spacial score (nSPS) is 26.1. The zero-order chi connectivity index (χ0) is 16.7. The minimum atomic E-state index is -4.42. The molecule has 1 aliphatic heterocycles. The minimum absolute atomic E-state index is 0.152. The third-order valence-electron chi connectivity index (χ3n) is 4.59. The van der Waals surface area contributed by atoms with E-state index in [4.69, 9.17) is 0 Å². The predicted octanol–water partition coefficient (Wildman–Crippen LogP) is 2.72. The lowest BCUT2D eigenvalue weighted by Crippen LogP contribution is -2.46. The summed E-state index contributed by atoms with van der Waals surface area (Å²) in [5, 5.41) is 13.0. The lowest BCUT2D eigenvalue weighted by atomic mass is 9.92. The molecule has 1 amide bonds. The van der Waals surface area contributed by atoms with E-state index in [0.29, 0.717) is 30.6 Å². The summed E-state index contributed by atoms with van der Waals surface area (Å²) in [5.74, 6) is 1.14. The number of alkyl halides is 3. The quantitative estimate of drug-likeness (QED) is 0.882. The van der Waals surface area contributed by atoms with Gasteiger partial charge in [0, 0.05) is 12.3 Å². The minimum Gasteiger partial charge on any atom is -0.387 e. The number of benzene rings is 1. The third kappa shape index (κ3) is 3.35. The Morgan fingerprint density at radius 3 is 2.61 bits per heavy atom. The van der Waals surface area contributed by atoms with E-state index in [0.717, 1.165) is 17.9 Å². The third-order valence-corrected chi connectivity index (χ3v) is 5.82. The Kier molecular flexibility index (Phi) is 4.13. The predicted molar refractivity (Wildman–Crippen MR) is 82.3 cm³/mol. The molecule has 1 unspecified atom stereocenters. The second-order valence-electron chi connectivity index (χ2n) is 6.37. The van der Waals surface area contributed by atoms with Crippen molar-refractivity contribution < 1.29 is 23.1 Å². The molecule has 3 rings (SSSR count). The van der Waals surface area contributed by atoms with Crippen LogP contribution < -0.4 is 5.32 Å². The van der Waals surface area contributed by atoms with Crippen LogP contribution in [0.25, 0.3) is 0 Å². The van der Waals surface area contributed by atoms with Crippen LogP contribution in [0, 0.1) is 0 Å². The number of thioether (sulfide) groups is 1. The number of hydrogen-bond acceptors (Lipinski definition) is 3. The van der Waals surface area contributed by atoms with E-state index in [2.05, 4.69) is 5.32 Å². The average Bonchev–Trinajstić information content (AvgIpc) is 3.21. The van der Waals surface area contributed by atoms with Gasteiger partial charge in [0.25, 0.3) is 0 Å². The Hall–Kier alpha value is -1.21. The molecular weight excluding hydrogens is 327 g/mol. The molecule has 1 aromatic rings. The van der Waals surface area contributed by atoms with E-state index in [1.54, 1.807) is 17.8 Å². The molecule has 23 heavy (non-hydrogen) atoms. The smallest absolute Gasteiger partial charge is 0.387 e. The van der Waals surface area contributed by atoms with Gasteiger partial charge in [0.1, 0.15) is 0 Å². The maximum Gasteiger partial charge on any atom is 0.416 e. The standard InChI is InChI=1S/C16H18F3NO2S/c17-16(18,19)12-3-1-2-11(8-12)15(4-5-15)13(21)20-9-14(22)6-7-23-10-14/h1-3,8,22H,4-7,9-10H2,(H,20,21). The van der Waals surface area contributed by atoms with Gasteiger partial charge in [-0.25, -0.2) is 0 Å². The fourth-order valence-corrected chi connectivity index (χ4v) is 4.21. The zero-order valence-electron chi connectivity index (χ0n) is 12.4. The molecule has 0 spiro atoms. The van der Waals surface area contributed by atoms with Gasteiger partial charge in [-0.05, 0) is 36.6 Å². The number of rotatable bonds is 4. The first kappa shape index (κ1) is 16.6. The van der Waals surface area contributed by atoms with Crippen molar-refractivity contribution in [1.82, 2.24) is 5.32 Å². The number of carbonyl (C=O) groups excluding carboxylic acids is 1. The number of hydrogen-bond donors (Lipinski definition) is 2. The van der Waals surface area contributed by atoms with Gasteiger partial charge in [0.05, 0.1) is 16.6 Å². The maximum absolute atomic E-state index is 12.8. The van der Waals surface area contributed by atoms with Gasteiger partial charge in [-0.2, -0.15) is 24.9 Å². The fourth-order valence-electron chi connectivity index (χ4n) is 2.91. The molecule has 7 heteroatoms. The van der Waals surface area contributed by atoms with Gasteiger partial charge in [-0.15, -0.1) is 0 Å². The van der Waals surface area contributed by atoms with E-state index in [9.17, 15) is 23.1 Å². The summed E-state index contributed by atoms with van der Waals surface area (Å²) in [4.78, 5) is 12.5. The van der Waals surface area contributed by atoms with Crippen molar-refractivity contribution in [3.8, 4) is 0 Å². The highest BCUT2D eigenvalue weighted by Crippen LogP contribution is 2.49. The number of carbonyl (C=O) groups is 1. The summed E-state index contributed by atoms with van der Waals surface area (Å²) in [6.07, 6.45) is -2.73. The lowest BCUT2D eigenvalue weighted by molar-refractivity contribution is -0.137. The SMILES string of the molecule is O=C(NCC1(O)CCSC1)C1(c2cccc(C(F)(F)F)c2)CC1. The van der Waals surface area contributed by atoms with Crippen LogP contribution in [0.4, 0.5) is 13.2 Å². The van der Waals surface area contributed by atoms with Gasteiger partial charge in [-0.3, -0.25) is 4.79 Å². The molecule has 2 N–H and O–H groups in total. The van der Waals surface area contributed by atoms with Crippen LogP contribution in [0.15, 0.2) is 24.3 Å². The van der Waals surface area contributed by atoms with Crippen molar-refractivity contribution in [2.24, 2.45) is 0 Å². The molecule has 2 fully saturated rings. The Labute approximate surface area is 136 Å². The molecule has 126 valence electrons. The molecule has 1 saturated heterocycles. The second kappa shape index (κ2) is 5.70. The van der Waals surface area contributed by atoms with Crippen molar-refractivity contribution in [3.63, 3.8) is 0 Å². The summed E-state index contributed by atoms with van der Waals surface area (Å²) < 4.78 is 38.5. The Morgan fingerprint density at radius 2 is 2.04 bits per heavy atom. The summed E-state index contributed by atoms with van der Waals surface area (Å²) >= 11 is 1.63. The van der Waals surface area contributed by atoms with E-state index in [1.165, 1.54) is 6.07 Å². The molecule has 1 aliphatic carbocycles. The summed E-state index contributed by atoms with van der Waals surface area (Å²) in [6, 6.07) is 4.98. The van der Waals surface area contributed by atoms with Gasteiger partial charge in [0.15, 0.2) is 0 Å². The number of halogens is 3. The van der Waals surface area contributed by atoms with Crippen LogP contribution in [0.5, 0.6) is 0 Å². The Bertz CT molecular complexity index is 608. The second-order valence-corrected chi connectivity index (χ2v) is 7.48. The van der Waals surface area contributed by atoms with Gasteiger partial charge >= 0.3 is 6.18 Å². The van der Waals surface area contributed by atoms with Crippen molar-refractivity contribution in [1.29, 1.82) is 0 Å². The van der Waals surface area contributed by atoms with E-state index in [1.807, 2.05) is 0 Å². The van der Waals surface area contributed by atoms with Gasteiger partial charge in [0.2, 0.25) is 5.91 Å². The molecular formula is C16H18F3NO2S. The molecule has 1 aromatic carbocycles. The number of amides is 1. The van der Waals surface area contributed by atoms with Gasteiger partial charge in [-0.1, -0.05) is 18.2 Å². The molecule has 1 saturated carbocycles. The maximum atomic E-state index is 12.8. The summed E-state index contributed by atoms with van der Waals surface area (Å²) in [6.45, 7) is 0.152. The molecule has 0 bridgehead atoms. The highest BCUT2D eigenvalue weighted by atomic mass is 32.2. The molecule has 0 radical (unpaired) electrons. The first-order valence-electron chi connectivity index (χ1n) is 7.51. The van der Waals surface area contributed by atoms with Crippen LogP contribution in [-0.2, 0) is 16.4 Å². The highest BCUT2D eigenvalue weighted by Gasteiger charge is 2.52. The largest absolute Gasteiger partial charge is 0.416 e. The summed E-state index contributed by atoms with van der Waals surface area (Å²) in [7, 11) is 0. The molecule has 1 atom stereocenters. The topological polar surface area (TPSA) is 49.3 Å². The van der Waals surface area contributed by atoms with Gasteiger partial charge < -0.3 is 10.4 Å². The van der Waals surface area contributed by atoms with Crippen molar-refractivity contribution >= 4 is 17.7 Å². The molecule has 3 nitrogen and oxygen atoms in total. The van der Waals surface area contributed by atoms with Crippen molar-refractivity contribution in [3.05, 3.63) is 35.4 Å². The van der Waals surface area contributed by atoms with Crippen LogP contribution in [0.3, 0.4) is 0 Å². The Morgan fingerprint density at radius 1 is 1.30 bits per heavy atom. The van der Waals surface area contributed by atoms with Crippen molar-refractivity contribution in [2.45, 2.75) is 36.5 Å². The van der Waals surface area contributed by atoms with E-state index < -0.39 is 22.8 Å². The zero-order valence-corrected chi connectivity index (χ0v) is 13.3. The fraction of sp³-hybridized carbons (Fsp3) is 0.562. The van der Waals surface area contributed by atoms with Crippen LogP contribution in [-0.4, -0.2) is 34.7 Å². The van der Waals surface area contributed by atoms with Crippen LogP contribution in [0.1, 0.15) is 30.4 Å². The van der Waals surface area contributed by atoms with E-state index >= 15 is 0 Å². The summed E-state index contributed by atoms with van der Waals surface area (Å²) in [5.41, 5.74) is -2.11. The van der Waals surface area contributed by atoms with Crippen LogP contribution in [0.2, 0.25) is 0 Å². The first-order valence-corrected chi connectivity index (χ1v) is 8.67. The molecule has 1 heterocycles.